The van der Waals surface area contributed by atoms with E-state index in [9.17, 15) is 18.6 Å². The fourth-order valence-electron chi connectivity index (χ4n) is 3.93. The van der Waals surface area contributed by atoms with Crippen LogP contribution < -0.4 is 10.0 Å². The van der Waals surface area contributed by atoms with Crippen molar-refractivity contribution in [2.45, 2.75) is 43.7 Å². The lowest BCUT2D eigenvalue weighted by Gasteiger charge is -2.32. The van der Waals surface area contributed by atoms with Crippen molar-refractivity contribution in [3.05, 3.63) is 59.7 Å². The molecule has 28 heavy (non-hydrogen) atoms. The van der Waals surface area contributed by atoms with Crippen LogP contribution in [0.25, 0.3) is 0 Å². The molecule has 0 spiro atoms. The number of aliphatic hydroxyl groups excluding tert-OH is 1. The van der Waals surface area contributed by atoms with Gasteiger partial charge in [-0.1, -0.05) is 49.2 Å². The van der Waals surface area contributed by atoms with Crippen LogP contribution in [-0.4, -0.2) is 37.0 Å². The van der Waals surface area contributed by atoms with Gasteiger partial charge in [0, 0.05) is 12.1 Å². The molecule has 4 N–H and O–H groups in total. The van der Waals surface area contributed by atoms with Gasteiger partial charge in [-0.3, -0.25) is 4.72 Å². The first-order chi connectivity index (χ1) is 13.3. The van der Waals surface area contributed by atoms with E-state index in [1.807, 2.05) is 18.2 Å². The minimum Gasteiger partial charge on any atom is -0.506 e. The number of hydrogen-bond acceptors (Lipinski definition) is 5. The van der Waals surface area contributed by atoms with Crippen molar-refractivity contribution >= 4 is 15.7 Å². The molecular weight excluding hydrogens is 376 g/mol. The van der Waals surface area contributed by atoms with Crippen molar-refractivity contribution in [1.82, 2.24) is 5.32 Å². The van der Waals surface area contributed by atoms with Crippen molar-refractivity contribution in [3.63, 3.8) is 0 Å². The number of phenols is 1. The highest BCUT2D eigenvalue weighted by atomic mass is 32.2. The SMILES string of the molecule is CS(=O)(=O)Nc1cc(C(O)CNC2(Cc3ccccc3)CCCC2)ccc1O. The Kier molecular flexibility index (Phi) is 6.27. The Hall–Kier alpha value is -2.09. The molecule has 0 radical (unpaired) electrons. The summed E-state index contributed by atoms with van der Waals surface area (Å²) < 4.78 is 25.2. The summed E-state index contributed by atoms with van der Waals surface area (Å²) in [6, 6.07) is 14.8. The van der Waals surface area contributed by atoms with Crippen LogP contribution in [0.3, 0.4) is 0 Å². The maximum Gasteiger partial charge on any atom is 0.229 e. The first kappa shape index (κ1) is 20.6. The molecule has 0 aliphatic heterocycles. The molecule has 2 aromatic carbocycles. The zero-order valence-electron chi connectivity index (χ0n) is 16.1. The van der Waals surface area contributed by atoms with Crippen LogP contribution in [-0.2, 0) is 16.4 Å². The Morgan fingerprint density at radius 1 is 1.11 bits per heavy atom. The average Bonchev–Trinajstić information content (AvgIpc) is 3.10. The summed E-state index contributed by atoms with van der Waals surface area (Å²) in [5, 5.41) is 24.1. The smallest absolute Gasteiger partial charge is 0.229 e. The van der Waals surface area contributed by atoms with Crippen LogP contribution in [0.1, 0.15) is 42.9 Å². The molecule has 3 rings (SSSR count). The van der Waals surface area contributed by atoms with Crippen LogP contribution >= 0.6 is 0 Å². The number of nitrogens with one attached hydrogen (secondary N) is 2. The van der Waals surface area contributed by atoms with Gasteiger partial charge in [0.25, 0.3) is 0 Å². The van der Waals surface area contributed by atoms with E-state index < -0.39 is 16.1 Å². The van der Waals surface area contributed by atoms with Gasteiger partial charge in [-0.15, -0.1) is 0 Å². The highest BCUT2D eigenvalue weighted by Crippen LogP contribution is 2.34. The molecule has 2 aromatic rings. The highest BCUT2D eigenvalue weighted by Gasteiger charge is 2.34. The largest absolute Gasteiger partial charge is 0.506 e. The first-order valence-corrected chi connectivity index (χ1v) is 11.4. The van der Waals surface area contributed by atoms with Gasteiger partial charge in [-0.05, 0) is 42.5 Å². The van der Waals surface area contributed by atoms with Gasteiger partial charge in [0.1, 0.15) is 5.75 Å². The fraction of sp³-hybridized carbons (Fsp3) is 0.429. The Bertz CT molecular complexity index is 894. The predicted molar refractivity (Wildman–Crippen MR) is 111 cm³/mol. The number of rotatable bonds is 8. The van der Waals surface area contributed by atoms with E-state index in [0.29, 0.717) is 12.1 Å². The quantitative estimate of drug-likeness (QED) is 0.507. The highest BCUT2D eigenvalue weighted by molar-refractivity contribution is 7.92. The number of sulfonamides is 1. The van der Waals surface area contributed by atoms with Crippen LogP contribution in [0.5, 0.6) is 5.75 Å². The number of aromatic hydroxyl groups is 1. The van der Waals surface area contributed by atoms with Gasteiger partial charge < -0.3 is 15.5 Å². The monoisotopic (exact) mass is 404 g/mol. The molecule has 0 bridgehead atoms. The molecule has 6 nitrogen and oxygen atoms in total. The molecule has 7 heteroatoms. The number of anilines is 1. The number of aliphatic hydroxyl groups is 1. The van der Waals surface area contributed by atoms with E-state index in [2.05, 4.69) is 22.2 Å². The zero-order valence-corrected chi connectivity index (χ0v) is 16.9. The van der Waals surface area contributed by atoms with E-state index in [-0.39, 0.29) is 17.0 Å². The maximum absolute atomic E-state index is 11.5. The number of benzene rings is 2. The van der Waals surface area contributed by atoms with Gasteiger partial charge in [0.15, 0.2) is 0 Å². The van der Waals surface area contributed by atoms with Crippen LogP contribution in [0.15, 0.2) is 48.5 Å². The minimum absolute atomic E-state index is 0.0346. The second-order valence-electron chi connectivity index (χ2n) is 7.70. The van der Waals surface area contributed by atoms with E-state index in [1.54, 1.807) is 6.07 Å². The van der Waals surface area contributed by atoms with Crippen LogP contribution in [0.4, 0.5) is 5.69 Å². The van der Waals surface area contributed by atoms with Crippen molar-refractivity contribution in [3.8, 4) is 5.75 Å². The van der Waals surface area contributed by atoms with Gasteiger partial charge in [0.05, 0.1) is 18.0 Å². The number of hydrogen-bond donors (Lipinski definition) is 4. The standard InChI is InChI=1S/C21H28N2O4S/c1-28(26,27)23-18-13-17(9-10-19(18)24)20(25)15-22-21(11-5-6-12-21)14-16-7-3-2-4-8-16/h2-4,7-10,13,20,22-25H,5-6,11-12,14-15H2,1H3. The maximum atomic E-state index is 11.5. The van der Waals surface area contributed by atoms with Gasteiger partial charge >= 0.3 is 0 Å². The van der Waals surface area contributed by atoms with Gasteiger partial charge in [-0.2, -0.15) is 0 Å². The van der Waals surface area contributed by atoms with E-state index in [4.69, 9.17) is 0 Å². The molecular formula is C21H28N2O4S. The van der Waals surface area contributed by atoms with Gasteiger partial charge in [-0.25, -0.2) is 8.42 Å². The third-order valence-corrected chi connectivity index (χ3v) is 5.91. The summed E-state index contributed by atoms with van der Waals surface area (Å²) >= 11 is 0. The number of phenolic OH excluding ortho intramolecular Hbond substituents is 1. The molecule has 1 saturated carbocycles. The third-order valence-electron chi connectivity index (χ3n) is 5.32. The summed E-state index contributed by atoms with van der Waals surface area (Å²) in [5.74, 6) is -0.175. The fourth-order valence-corrected chi connectivity index (χ4v) is 4.49. The van der Waals surface area contributed by atoms with Crippen molar-refractivity contribution in [2.24, 2.45) is 0 Å². The van der Waals surface area contributed by atoms with E-state index in [0.717, 1.165) is 38.4 Å². The molecule has 0 aromatic heterocycles. The van der Waals surface area contributed by atoms with Crippen LogP contribution in [0, 0.1) is 0 Å². The molecule has 0 amide bonds. The lowest BCUT2D eigenvalue weighted by Crippen LogP contribution is -2.46. The molecule has 1 unspecified atom stereocenters. The lowest BCUT2D eigenvalue weighted by molar-refractivity contribution is 0.155. The lowest BCUT2D eigenvalue weighted by atomic mass is 9.88. The average molecular weight is 405 g/mol. The van der Waals surface area contributed by atoms with E-state index in [1.165, 1.54) is 17.7 Å². The molecule has 152 valence electrons. The van der Waals surface area contributed by atoms with Crippen molar-refractivity contribution in [1.29, 1.82) is 0 Å². The second-order valence-corrected chi connectivity index (χ2v) is 9.45. The summed E-state index contributed by atoms with van der Waals surface area (Å²) in [6.07, 6.45) is 5.57. The van der Waals surface area contributed by atoms with Crippen LogP contribution in [0.2, 0.25) is 0 Å². The molecule has 0 saturated heterocycles. The van der Waals surface area contributed by atoms with Gasteiger partial charge in [0.2, 0.25) is 10.0 Å². The summed E-state index contributed by atoms with van der Waals surface area (Å²) in [4.78, 5) is 0. The normalized spacial score (nSPS) is 17.4. The molecule has 1 aliphatic rings. The second kappa shape index (κ2) is 8.51. The number of β-amino-alcohol motifs (C(OH)–C–C–N with tert-alkyl or cyclic N) is 1. The molecule has 1 atom stereocenters. The summed E-state index contributed by atoms with van der Waals surface area (Å²) in [5.41, 5.74) is 1.85. The Morgan fingerprint density at radius 3 is 2.43 bits per heavy atom. The molecule has 1 fully saturated rings. The Balaban J connectivity index is 1.70. The first-order valence-electron chi connectivity index (χ1n) is 9.54. The predicted octanol–water partition coefficient (Wildman–Crippen LogP) is 2.94. The summed E-state index contributed by atoms with van der Waals surface area (Å²) in [7, 11) is -3.52. The third kappa shape index (κ3) is 5.47. The Morgan fingerprint density at radius 2 is 1.79 bits per heavy atom. The summed E-state index contributed by atoms with van der Waals surface area (Å²) in [6.45, 7) is 0.357. The molecule has 0 heterocycles. The Labute approximate surface area is 166 Å². The van der Waals surface area contributed by atoms with Crippen molar-refractivity contribution in [2.75, 3.05) is 17.5 Å². The minimum atomic E-state index is -3.52. The van der Waals surface area contributed by atoms with E-state index >= 15 is 0 Å². The topological polar surface area (TPSA) is 98.7 Å². The van der Waals surface area contributed by atoms with Crippen molar-refractivity contribution < 1.29 is 18.6 Å². The molecule has 1 aliphatic carbocycles. The zero-order chi connectivity index (χ0) is 20.2.